The van der Waals surface area contributed by atoms with Crippen molar-refractivity contribution in [1.82, 2.24) is 14.9 Å². The summed E-state index contributed by atoms with van der Waals surface area (Å²) in [6.45, 7) is 1.92. The Bertz CT molecular complexity index is 823. The van der Waals surface area contributed by atoms with Crippen LogP contribution in [-0.2, 0) is 0 Å². The lowest BCUT2D eigenvalue weighted by Gasteiger charge is -1.97. The van der Waals surface area contributed by atoms with Gasteiger partial charge < -0.3 is 8.83 Å². The summed E-state index contributed by atoms with van der Waals surface area (Å²) < 4.78 is 12.5. The minimum absolute atomic E-state index is 0.392. The zero-order valence-corrected chi connectivity index (χ0v) is 12.0. The summed E-state index contributed by atoms with van der Waals surface area (Å²) >= 11 is 5.17. The van der Waals surface area contributed by atoms with Crippen LogP contribution in [0.15, 0.2) is 56.3 Å². The second-order valence-corrected chi connectivity index (χ2v) is 4.68. The first kappa shape index (κ1) is 13.3. The first-order valence-corrected chi connectivity index (χ1v) is 6.62. The largest absolute Gasteiger partial charge is 0.465 e. The van der Waals surface area contributed by atoms with E-state index in [0.29, 0.717) is 16.4 Å². The van der Waals surface area contributed by atoms with Crippen molar-refractivity contribution >= 4 is 24.5 Å². The van der Waals surface area contributed by atoms with Gasteiger partial charge in [0.25, 0.3) is 0 Å². The van der Waals surface area contributed by atoms with Crippen molar-refractivity contribution in [2.24, 2.45) is 5.10 Å². The molecule has 3 aromatic rings. The predicted octanol–water partition coefficient (Wildman–Crippen LogP) is 3.73. The summed E-state index contributed by atoms with van der Waals surface area (Å²) in [7, 11) is 0. The number of H-pyrrole nitrogens is 1. The molecule has 21 heavy (non-hydrogen) atoms. The quantitative estimate of drug-likeness (QED) is 0.588. The van der Waals surface area contributed by atoms with Crippen LogP contribution in [0.25, 0.3) is 17.7 Å². The third-order valence-corrected chi connectivity index (χ3v) is 2.95. The maximum absolute atomic E-state index is 5.31. The number of aromatic nitrogens is 3. The van der Waals surface area contributed by atoms with E-state index < -0.39 is 0 Å². The molecule has 0 aromatic carbocycles. The fourth-order valence-electron chi connectivity index (χ4n) is 1.75. The van der Waals surface area contributed by atoms with Crippen LogP contribution in [0, 0.1) is 4.77 Å². The maximum atomic E-state index is 5.31. The molecule has 0 saturated heterocycles. The van der Waals surface area contributed by atoms with E-state index in [9.17, 15) is 0 Å². The van der Waals surface area contributed by atoms with Crippen LogP contribution in [0.3, 0.4) is 0 Å². The van der Waals surface area contributed by atoms with E-state index in [4.69, 9.17) is 21.1 Å². The lowest BCUT2D eigenvalue weighted by Crippen LogP contribution is -1.93. The highest BCUT2D eigenvalue weighted by atomic mass is 32.1. The number of nitrogens with zero attached hydrogens (tertiary/aromatic N) is 3. The van der Waals surface area contributed by atoms with Gasteiger partial charge in [-0.05, 0) is 55.1 Å². The number of hydrogen-bond acceptors (Lipinski definition) is 5. The van der Waals surface area contributed by atoms with Gasteiger partial charge in [-0.15, -0.1) is 5.10 Å². The summed E-state index contributed by atoms with van der Waals surface area (Å²) in [6.07, 6.45) is 6.75. The SMILES string of the molecule is CC(/C=N\n1c(-c2ccco2)n[nH]c1=S)=C/c1ccco1. The number of rotatable bonds is 4. The minimum atomic E-state index is 0.392. The maximum Gasteiger partial charge on any atom is 0.219 e. The third-order valence-electron chi connectivity index (χ3n) is 2.68. The molecular weight excluding hydrogens is 288 g/mol. The van der Waals surface area contributed by atoms with Crippen molar-refractivity contribution in [2.45, 2.75) is 6.92 Å². The van der Waals surface area contributed by atoms with Gasteiger partial charge in [-0.25, -0.2) is 5.10 Å². The van der Waals surface area contributed by atoms with Crippen molar-refractivity contribution in [3.8, 4) is 11.6 Å². The fraction of sp³-hybridized carbons (Fsp3) is 0.0714. The Kier molecular flexibility index (Phi) is 3.65. The number of allylic oxidation sites excluding steroid dienone is 1. The molecule has 0 bridgehead atoms. The third kappa shape index (κ3) is 2.92. The van der Waals surface area contributed by atoms with E-state index in [2.05, 4.69) is 15.3 Å². The highest BCUT2D eigenvalue weighted by Crippen LogP contribution is 2.17. The van der Waals surface area contributed by atoms with E-state index >= 15 is 0 Å². The average Bonchev–Trinajstić information content (AvgIpc) is 3.17. The highest BCUT2D eigenvalue weighted by molar-refractivity contribution is 7.71. The van der Waals surface area contributed by atoms with Crippen LogP contribution in [0.5, 0.6) is 0 Å². The first-order valence-electron chi connectivity index (χ1n) is 6.21. The van der Waals surface area contributed by atoms with Crippen molar-refractivity contribution in [3.63, 3.8) is 0 Å². The van der Waals surface area contributed by atoms with E-state index in [1.54, 1.807) is 30.9 Å². The van der Waals surface area contributed by atoms with E-state index in [0.717, 1.165) is 11.3 Å². The molecule has 0 aliphatic carbocycles. The summed E-state index contributed by atoms with van der Waals surface area (Å²) in [5.74, 6) is 1.88. The van der Waals surface area contributed by atoms with Gasteiger partial charge in [0, 0.05) is 0 Å². The van der Waals surface area contributed by atoms with Crippen LogP contribution in [0.2, 0.25) is 0 Å². The Morgan fingerprint density at radius 3 is 2.86 bits per heavy atom. The smallest absolute Gasteiger partial charge is 0.219 e. The van der Waals surface area contributed by atoms with E-state index in [1.807, 2.05) is 25.1 Å². The van der Waals surface area contributed by atoms with Gasteiger partial charge >= 0.3 is 0 Å². The molecule has 3 rings (SSSR count). The summed E-state index contributed by atoms with van der Waals surface area (Å²) in [4.78, 5) is 0. The van der Waals surface area contributed by atoms with Crippen LogP contribution in [-0.4, -0.2) is 21.1 Å². The van der Waals surface area contributed by atoms with Crippen molar-refractivity contribution in [2.75, 3.05) is 0 Å². The van der Waals surface area contributed by atoms with Crippen molar-refractivity contribution in [1.29, 1.82) is 0 Å². The minimum Gasteiger partial charge on any atom is -0.465 e. The zero-order chi connectivity index (χ0) is 14.7. The molecule has 3 heterocycles. The van der Waals surface area contributed by atoms with Crippen LogP contribution < -0.4 is 0 Å². The lowest BCUT2D eigenvalue weighted by atomic mass is 10.3. The summed E-state index contributed by atoms with van der Waals surface area (Å²) in [6, 6.07) is 7.28. The van der Waals surface area contributed by atoms with E-state index in [-0.39, 0.29) is 0 Å². The molecule has 0 fully saturated rings. The van der Waals surface area contributed by atoms with Crippen LogP contribution >= 0.6 is 12.2 Å². The Labute approximate surface area is 125 Å². The lowest BCUT2D eigenvalue weighted by molar-refractivity contribution is 0.557. The molecule has 0 spiro atoms. The summed E-state index contributed by atoms with van der Waals surface area (Å²) in [5, 5.41) is 11.1. The van der Waals surface area contributed by atoms with Crippen LogP contribution in [0.4, 0.5) is 0 Å². The Morgan fingerprint density at radius 2 is 2.14 bits per heavy atom. The number of nitrogens with one attached hydrogen (secondary N) is 1. The normalized spacial score (nSPS) is 12.3. The van der Waals surface area contributed by atoms with Gasteiger partial charge in [0.05, 0.1) is 18.7 Å². The van der Waals surface area contributed by atoms with Crippen molar-refractivity contribution < 1.29 is 8.83 Å². The monoisotopic (exact) mass is 300 g/mol. The molecule has 106 valence electrons. The van der Waals surface area contributed by atoms with Crippen molar-refractivity contribution in [3.05, 3.63) is 52.9 Å². The molecule has 0 amide bonds. The van der Waals surface area contributed by atoms with Gasteiger partial charge in [0.15, 0.2) is 5.76 Å². The zero-order valence-electron chi connectivity index (χ0n) is 11.2. The average molecular weight is 300 g/mol. The van der Waals surface area contributed by atoms with Gasteiger partial charge in [-0.1, -0.05) is 0 Å². The Morgan fingerprint density at radius 1 is 1.33 bits per heavy atom. The Hall–Kier alpha value is -2.67. The summed E-state index contributed by atoms with van der Waals surface area (Å²) in [5.41, 5.74) is 0.915. The van der Waals surface area contributed by atoms with Gasteiger partial charge in [0.1, 0.15) is 5.76 Å². The second kappa shape index (κ2) is 5.76. The second-order valence-electron chi connectivity index (χ2n) is 4.29. The molecule has 0 atom stereocenters. The fourth-order valence-corrected chi connectivity index (χ4v) is 1.93. The molecule has 0 radical (unpaired) electrons. The topological polar surface area (TPSA) is 72.2 Å². The first-order chi connectivity index (χ1) is 10.2. The molecular formula is C14H12N4O2S. The predicted molar refractivity (Wildman–Crippen MR) is 81.4 cm³/mol. The van der Waals surface area contributed by atoms with Gasteiger partial charge in [-0.2, -0.15) is 9.78 Å². The molecule has 0 saturated carbocycles. The molecule has 0 unspecified atom stereocenters. The van der Waals surface area contributed by atoms with E-state index in [1.165, 1.54) is 4.68 Å². The molecule has 6 nitrogen and oxygen atoms in total. The number of aromatic amines is 1. The molecule has 1 N–H and O–H groups in total. The molecule has 7 heteroatoms. The van der Waals surface area contributed by atoms with Gasteiger partial charge in [-0.3, -0.25) is 0 Å². The molecule has 0 aliphatic heterocycles. The van der Waals surface area contributed by atoms with Crippen LogP contribution in [0.1, 0.15) is 12.7 Å². The number of hydrogen-bond donors (Lipinski definition) is 1. The number of furan rings is 2. The van der Waals surface area contributed by atoms with Gasteiger partial charge in [0.2, 0.25) is 10.6 Å². The standard InChI is InChI=1S/C14H12N4O2S/c1-10(8-11-4-2-6-19-11)9-15-18-13(16-17-14(18)21)12-5-3-7-20-12/h2-9H,1H3,(H,17,21)/b10-8-,15-9-. The molecule has 0 aliphatic rings. The molecule has 3 aromatic heterocycles. The Balaban J connectivity index is 1.90. The highest BCUT2D eigenvalue weighted by Gasteiger charge is 2.10.